The van der Waals surface area contributed by atoms with Crippen molar-refractivity contribution in [1.29, 1.82) is 0 Å². The van der Waals surface area contributed by atoms with Crippen LogP contribution < -0.4 is 11.3 Å². The summed E-state index contributed by atoms with van der Waals surface area (Å²) in [6.07, 6.45) is 0.720. The van der Waals surface area contributed by atoms with Crippen LogP contribution in [-0.2, 0) is 17.9 Å². The third-order valence-electron chi connectivity index (χ3n) is 7.08. The van der Waals surface area contributed by atoms with Gasteiger partial charge in [-0.05, 0) is 18.4 Å². The van der Waals surface area contributed by atoms with Gasteiger partial charge in [0.15, 0.2) is 0 Å². The number of aliphatic hydroxyl groups is 1. The van der Waals surface area contributed by atoms with E-state index in [1.165, 1.54) is 20.3 Å². The Morgan fingerprint density at radius 3 is 2.49 bits per heavy atom. The second-order valence-corrected chi connectivity index (χ2v) is 9.67. The zero-order valence-corrected chi connectivity index (χ0v) is 20.8. The Hall–Kier alpha value is -4.04. The summed E-state index contributed by atoms with van der Waals surface area (Å²) in [6.45, 7) is 0.552. The van der Waals surface area contributed by atoms with Gasteiger partial charge in [-0.1, -0.05) is 24.3 Å². The molecular weight excluding hydrogens is 517 g/mol. The van der Waals surface area contributed by atoms with E-state index in [9.17, 15) is 27.9 Å². The molecule has 1 aliphatic rings. The summed E-state index contributed by atoms with van der Waals surface area (Å²) in [7, 11) is 0. The van der Waals surface area contributed by atoms with Crippen LogP contribution in [0.4, 0.5) is 13.2 Å². The molecule has 1 aromatic carbocycles. The Kier molecular flexibility index (Phi) is 7.23. The topological polar surface area (TPSA) is 137 Å². The van der Waals surface area contributed by atoms with Crippen molar-refractivity contribution in [2.75, 3.05) is 13.1 Å². The summed E-state index contributed by atoms with van der Waals surface area (Å²) in [5.41, 5.74) is 6.40. The molecule has 4 heterocycles. The number of carbonyl (C=O) groups is 1. The predicted molar refractivity (Wildman–Crippen MR) is 133 cm³/mol. The number of carbonyl (C=O) groups excluding carboxylic acids is 1. The SMILES string of the molecule is NCc1ccc(-c2cnc3c(=O)n(CC4(O)CCN(C(=O)CC(C(F)F)n5ccc(F)n5)CC4)cnn23)cc1. The number of imidazole rings is 1. The number of fused-ring (bicyclic) bond motifs is 1. The lowest BCUT2D eigenvalue weighted by Gasteiger charge is -2.38. The van der Waals surface area contributed by atoms with Crippen LogP contribution >= 0.6 is 0 Å². The molecule has 0 aliphatic carbocycles. The number of piperidine rings is 1. The number of likely N-dealkylation sites (tertiary alicyclic amines) is 1. The Labute approximate surface area is 220 Å². The van der Waals surface area contributed by atoms with Crippen molar-refractivity contribution in [3.05, 3.63) is 70.9 Å². The first-order valence-electron chi connectivity index (χ1n) is 12.4. The number of aromatic nitrogens is 6. The molecule has 1 fully saturated rings. The van der Waals surface area contributed by atoms with E-state index in [0.29, 0.717) is 12.2 Å². The highest BCUT2D eigenvalue weighted by Gasteiger charge is 2.36. The van der Waals surface area contributed by atoms with Crippen LogP contribution in [0.5, 0.6) is 0 Å². The van der Waals surface area contributed by atoms with Crippen molar-refractivity contribution < 1.29 is 23.1 Å². The lowest BCUT2D eigenvalue weighted by Crippen LogP contribution is -2.50. The summed E-state index contributed by atoms with van der Waals surface area (Å²) >= 11 is 0. The summed E-state index contributed by atoms with van der Waals surface area (Å²) < 4.78 is 43.7. The molecule has 11 nitrogen and oxygen atoms in total. The predicted octanol–water partition coefficient (Wildman–Crippen LogP) is 1.60. The largest absolute Gasteiger partial charge is 0.388 e. The van der Waals surface area contributed by atoms with Crippen molar-refractivity contribution in [2.45, 2.75) is 50.4 Å². The fourth-order valence-electron chi connectivity index (χ4n) is 4.78. The summed E-state index contributed by atoms with van der Waals surface area (Å²) in [6, 6.07) is 6.85. The van der Waals surface area contributed by atoms with Crippen molar-refractivity contribution in [3.63, 3.8) is 0 Å². The van der Waals surface area contributed by atoms with Crippen molar-refractivity contribution in [3.8, 4) is 11.3 Å². The van der Waals surface area contributed by atoms with Gasteiger partial charge in [-0.3, -0.25) is 18.8 Å². The number of halogens is 3. The Morgan fingerprint density at radius 1 is 1.15 bits per heavy atom. The molecule has 1 atom stereocenters. The minimum absolute atomic E-state index is 0.0724. The fraction of sp³-hybridized carbons (Fsp3) is 0.400. The van der Waals surface area contributed by atoms with Gasteiger partial charge in [0.05, 0.1) is 30.5 Å². The van der Waals surface area contributed by atoms with E-state index < -0.39 is 41.9 Å². The number of alkyl halides is 2. The molecule has 1 saturated heterocycles. The number of benzene rings is 1. The Bertz CT molecular complexity index is 1520. The standard InChI is InChI=1S/C25H27F3N8O3/c26-20-5-8-35(32-20)18(22(27)28)11-21(37)33-9-6-25(39,7-10-33)14-34-15-31-36-19(13-30-23(36)24(34)38)17-3-1-16(12-29)2-4-17/h1-5,8,13,15,18,22,39H,6-7,9-12,14,29H2. The van der Waals surface area contributed by atoms with Gasteiger partial charge in [-0.25, -0.2) is 18.3 Å². The molecule has 14 heteroatoms. The van der Waals surface area contributed by atoms with Crippen LogP contribution in [-0.4, -0.2) is 70.0 Å². The maximum absolute atomic E-state index is 13.5. The third-order valence-corrected chi connectivity index (χ3v) is 7.08. The second-order valence-electron chi connectivity index (χ2n) is 9.67. The molecule has 3 aromatic heterocycles. The zero-order valence-electron chi connectivity index (χ0n) is 20.8. The van der Waals surface area contributed by atoms with Gasteiger partial charge >= 0.3 is 0 Å². The summed E-state index contributed by atoms with van der Waals surface area (Å²) in [4.78, 5) is 31.4. The monoisotopic (exact) mass is 544 g/mol. The van der Waals surface area contributed by atoms with Crippen LogP contribution in [0, 0.1) is 5.95 Å². The molecular formula is C25H27F3N8O3. The maximum Gasteiger partial charge on any atom is 0.296 e. The normalized spacial score (nSPS) is 16.2. The molecule has 1 unspecified atom stereocenters. The van der Waals surface area contributed by atoms with E-state index in [4.69, 9.17) is 5.73 Å². The third kappa shape index (κ3) is 5.43. The first-order valence-corrected chi connectivity index (χ1v) is 12.4. The van der Waals surface area contributed by atoms with E-state index in [1.54, 1.807) is 6.20 Å². The molecule has 0 spiro atoms. The van der Waals surface area contributed by atoms with Crippen LogP contribution in [0.25, 0.3) is 16.9 Å². The number of hydrogen-bond donors (Lipinski definition) is 2. The van der Waals surface area contributed by atoms with Crippen LogP contribution in [0.3, 0.4) is 0 Å². The van der Waals surface area contributed by atoms with Gasteiger partial charge < -0.3 is 15.7 Å². The molecule has 3 N–H and O–H groups in total. The second kappa shape index (κ2) is 10.6. The van der Waals surface area contributed by atoms with E-state index in [1.807, 2.05) is 24.3 Å². The smallest absolute Gasteiger partial charge is 0.296 e. The number of rotatable bonds is 8. The van der Waals surface area contributed by atoms with Crippen molar-refractivity contribution in [1.82, 2.24) is 33.8 Å². The lowest BCUT2D eigenvalue weighted by molar-refractivity contribution is -0.138. The van der Waals surface area contributed by atoms with Gasteiger partial charge in [0.2, 0.25) is 17.5 Å². The maximum atomic E-state index is 13.5. The first-order chi connectivity index (χ1) is 18.7. The van der Waals surface area contributed by atoms with Gasteiger partial charge in [-0.2, -0.15) is 9.49 Å². The van der Waals surface area contributed by atoms with E-state index in [-0.39, 0.29) is 38.1 Å². The van der Waals surface area contributed by atoms with Crippen LogP contribution in [0.15, 0.2) is 53.8 Å². The lowest BCUT2D eigenvalue weighted by atomic mass is 9.91. The molecule has 0 bridgehead atoms. The molecule has 5 rings (SSSR count). The highest BCUT2D eigenvalue weighted by Crippen LogP contribution is 2.27. The van der Waals surface area contributed by atoms with Crippen LogP contribution in [0.1, 0.15) is 30.9 Å². The Balaban J connectivity index is 1.25. The Morgan fingerprint density at radius 2 is 1.87 bits per heavy atom. The average molecular weight is 545 g/mol. The number of nitrogens with zero attached hydrogens (tertiary/aromatic N) is 7. The van der Waals surface area contributed by atoms with Crippen LogP contribution in [0.2, 0.25) is 0 Å². The highest BCUT2D eigenvalue weighted by molar-refractivity contribution is 5.76. The number of amides is 1. The minimum atomic E-state index is -2.92. The fourth-order valence-corrected chi connectivity index (χ4v) is 4.78. The van der Waals surface area contributed by atoms with Gasteiger partial charge in [0, 0.05) is 37.5 Å². The highest BCUT2D eigenvalue weighted by atomic mass is 19.3. The first kappa shape index (κ1) is 26.6. The van der Waals surface area contributed by atoms with Crippen molar-refractivity contribution in [2.24, 2.45) is 5.73 Å². The number of hydrogen-bond acceptors (Lipinski definition) is 7. The van der Waals surface area contributed by atoms with Crippen molar-refractivity contribution >= 4 is 11.6 Å². The van der Waals surface area contributed by atoms with Gasteiger partial charge in [-0.15, -0.1) is 5.10 Å². The van der Waals surface area contributed by atoms with Gasteiger partial charge in [0.25, 0.3) is 12.0 Å². The van der Waals surface area contributed by atoms with E-state index in [2.05, 4.69) is 15.2 Å². The molecule has 0 radical (unpaired) electrons. The molecule has 0 saturated carbocycles. The average Bonchev–Trinajstić information content (AvgIpc) is 3.55. The summed E-state index contributed by atoms with van der Waals surface area (Å²) in [5.74, 6) is -1.46. The molecule has 4 aromatic rings. The van der Waals surface area contributed by atoms with Gasteiger partial charge in [0.1, 0.15) is 12.4 Å². The zero-order chi connectivity index (χ0) is 27.7. The molecule has 1 amide bonds. The summed E-state index contributed by atoms with van der Waals surface area (Å²) in [5, 5.41) is 18.9. The minimum Gasteiger partial charge on any atom is -0.388 e. The van der Waals surface area contributed by atoms with E-state index >= 15 is 0 Å². The quantitative estimate of drug-likeness (QED) is 0.344. The number of nitrogens with two attached hydrogens (primary N) is 1. The molecule has 39 heavy (non-hydrogen) atoms. The molecule has 206 valence electrons. The van der Waals surface area contributed by atoms with E-state index in [0.717, 1.165) is 28.1 Å². The molecule has 1 aliphatic heterocycles.